The molecule has 0 N–H and O–H groups in total. The van der Waals surface area contributed by atoms with Gasteiger partial charge in [0.25, 0.3) is 5.56 Å². The third kappa shape index (κ3) is 2.75. The number of pyridine rings is 1. The van der Waals surface area contributed by atoms with E-state index in [4.69, 9.17) is 0 Å². The molecule has 3 heterocycles. The minimum Gasteiger partial charge on any atom is -0.312 e. The minimum atomic E-state index is 0.103. The molecule has 1 saturated heterocycles. The van der Waals surface area contributed by atoms with Gasteiger partial charge in [-0.3, -0.25) is 14.5 Å². The molecule has 2 aliphatic rings. The number of carbonyl (C=O) groups is 1. The summed E-state index contributed by atoms with van der Waals surface area (Å²) >= 11 is 0. The number of rotatable bonds is 3. The van der Waals surface area contributed by atoms with Crippen LogP contribution in [-0.4, -0.2) is 34.9 Å². The van der Waals surface area contributed by atoms with Crippen molar-refractivity contribution in [1.29, 1.82) is 0 Å². The van der Waals surface area contributed by atoms with Crippen LogP contribution in [0.2, 0.25) is 0 Å². The zero-order valence-corrected chi connectivity index (χ0v) is 13.0. The molecule has 0 amide bonds. The van der Waals surface area contributed by atoms with Gasteiger partial charge in [0.2, 0.25) is 0 Å². The third-order valence-corrected chi connectivity index (χ3v) is 5.02. The van der Waals surface area contributed by atoms with Crippen LogP contribution < -0.4 is 5.56 Å². The first-order valence-electron chi connectivity index (χ1n) is 8.21. The highest BCUT2D eigenvalue weighted by molar-refractivity contribution is 5.97. The Morgan fingerprint density at radius 3 is 2.65 bits per heavy atom. The lowest BCUT2D eigenvalue weighted by molar-refractivity contribution is 0.0817. The molecule has 0 radical (unpaired) electrons. The van der Waals surface area contributed by atoms with Gasteiger partial charge in [0, 0.05) is 42.9 Å². The summed E-state index contributed by atoms with van der Waals surface area (Å²) in [6.45, 7) is 3.00. The zero-order valence-electron chi connectivity index (χ0n) is 13.0. The number of Topliss-reactive ketones (excluding diaryl/α,β-unsaturated/α-hetero) is 1. The summed E-state index contributed by atoms with van der Waals surface area (Å²) in [5.41, 5.74) is 2.01. The molecule has 2 atom stereocenters. The quantitative estimate of drug-likeness (QED) is 0.816. The van der Waals surface area contributed by atoms with E-state index in [1.165, 1.54) is 0 Å². The molecule has 2 bridgehead atoms. The van der Waals surface area contributed by atoms with Crippen molar-refractivity contribution >= 4 is 5.78 Å². The molecule has 4 nitrogen and oxygen atoms in total. The van der Waals surface area contributed by atoms with Crippen molar-refractivity contribution in [1.82, 2.24) is 9.47 Å². The predicted molar refractivity (Wildman–Crippen MR) is 88.8 cm³/mol. The molecule has 0 unspecified atom stereocenters. The van der Waals surface area contributed by atoms with Crippen molar-refractivity contribution in [2.75, 3.05) is 19.6 Å². The predicted octanol–water partition coefficient (Wildman–Crippen LogP) is 2.15. The number of nitrogens with zero attached hydrogens (tertiary/aromatic N) is 2. The second-order valence-corrected chi connectivity index (χ2v) is 6.68. The average molecular weight is 308 g/mol. The van der Waals surface area contributed by atoms with E-state index in [2.05, 4.69) is 11.0 Å². The summed E-state index contributed by atoms with van der Waals surface area (Å²) in [5, 5.41) is 0. The Bertz CT molecular complexity index is 781. The van der Waals surface area contributed by atoms with Crippen molar-refractivity contribution in [3.8, 4) is 0 Å². The monoisotopic (exact) mass is 308 g/mol. The Hall–Kier alpha value is -2.20. The van der Waals surface area contributed by atoms with Crippen LogP contribution in [0.1, 0.15) is 28.4 Å². The summed E-state index contributed by atoms with van der Waals surface area (Å²) in [4.78, 5) is 26.7. The van der Waals surface area contributed by atoms with Gasteiger partial charge in [-0.15, -0.1) is 0 Å². The molecule has 1 aromatic heterocycles. The molecule has 0 spiro atoms. The molecule has 4 rings (SSSR count). The van der Waals surface area contributed by atoms with Crippen LogP contribution in [0.3, 0.4) is 0 Å². The highest BCUT2D eigenvalue weighted by Gasteiger charge is 2.34. The minimum absolute atomic E-state index is 0.103. The van der Waals surface area contributed by atoms with Gasteiger partial charge in [-0.1, -0.05) is 36.4 Å². The maximum absolute atomic E-state index is 12.4. The van der Waals surface area contributed by atoms with E-state index in [1.807, 2.05) is 41.0 Å². The van der Waals surface area contributed by atoms with Gasteiger partial charge >= 0.3 is 0 Å². The lowest BCUT2D eigenvalue weighted by Gasteiger charge is -2.42. The van der Waals surface area contributed by atoms with Crippen molar-refractivity contribution in [3.63, 3.8) is 0 Å². The topological polar surface area (TPSA) is 42.3 Å². The van der Waals surface area contributed by atoms with Gasteiger partial charge < -0.3 is 4.57 Å². The van der Waals surface area contributed by atoms with Crippen molar-refractivity contribution in [3.05, 3.63) is 70.1 Å². The molecular formula is C19H20N2O2. The van der Waals surface area contributed by atoms with Crippen LogP contribution >= 0.6 is 0 Å². The first kappa shape index (κ1) is 14.4. The number of carbonyl (C=O) groups excluding carboxylic acids is 1. The summed E-state index contributed by atoms with van der Waals surface area (Å²) in [5.74, 6) is 1.00. The van der Waals surface area contributed by atoms with Crippen molar-refractivity contribution in [2.24, 2.45) is 5.92 Å². The standard InChI is InChI=1S/C19H20N2O2/c22-18(15-5-2-1-3-6-15)13-20-10-14-9-16(12-20)17-7-4-8-19(23)21(17)11-14/h1-8,14,16H,9-13H2/t14-,16-/m1/s1. The van der Waals surface area contributed by atoms with Gasteiger partial charge in [0.15, 0.2) is 5.78 Å². The highest BCUT2D eigenvalue weighted by Crippen LogP contribution is 2.34. The molecule has 1 fully saturated rings. The van der Waals surface area contributed by atoms with Crippen LogP contribution in [0.25, 0.3) is 0 Å². The lowest BCUT2D eigenvalue weighted by atomic mass is 9.83. The fraction of sp³-hybridized carbons (Fsp3) is 0.368. The van der Waals surface area contributed by atoms with E-state index < -0.39 is 0 Å². The van der Waals surface area contributed by atoms with Crippen LogP contribution in [0.5, 0.6) is 0 Å². The van der Waals surface area contributed by atoms with Crippen LogP contribution in [-0.2, 0) is 6.54 Å². The largest absolute Gasteiger partial charge is 0.312 e. The highest BCUT2D eigenvalue weighted by atomic mass is 16.1. The molecule has 2 aliphatic heterocycles. The number of benzene rings is 1. The molecule has 2 aromatic rings. The van der Waals surface area contributed by atoms with Crippen molar-refractivity contribution in [2.45, 2.75) is 18.9 Å². The fourth-order valence-corrected chi connectivity index (χ4v) is 4.04. The van der Waals surface area contributed by atoms with Crippen LogP contribution in [0.15, 0.2) is 53.3 Å². The Kier molecular flexibility index (Phi) is 3.62. The van der Waals surface area contributed by atoms with E-state index in [9.17, 15) is 9.59 Å². The van der Waals surface area contributed by atoms with E-state index in [0.717, 1.165) is 37.3 Å². The molecule has 1 aromatic carbocycles. The maximum Gasteiger partial charge on any atom is 0.250 e. The van der Waals surface area contributed by atoms with Gasteiger partial charge in [-0.05, 0) is 18.4 Å². The molecule has 4 heteroatoms. The van der Waals surface area contributed by atoms with Crippen molar-refractivity contribution < 1.29 is 4.79 Å². The Labute approximate surface area is 135 Å². The maximum atomic E-state index is 12.4. The second kappa shape index (κ2) is 5.78. The number of piperidine rings is 1. The molecule has 23 heavy (non-hydrogen) atoms. The van der Waals surface area contributed by atoms with Gasteiger partial charge in [0.1, 0.15) is 0 Å². The SMILES string of the molecule is O=C(CN1C[C@H]2C[C@H](C1)c1cccc(=O)n1C2)c1ccccc1. The van der Waals surface area contributed by atoms with Gasteiger partial charge in [0.05, 0.1) is 6.54 Å². The summed E-state index contributed by atoms with van der Waals surface area (Å²) in [7, 11) is 0. The lowest BCUT2D eigenvalue weighted by Crippen LogP contribution is -2.48. The number of fused-ring (bicyclic) bond motifs is 4. The smallest absolute Gasteiger partial charge is 0.250 e. The van der Waals surface area contributed by atoms with Crippen LogP contribution in [0.4, 0.5) is 0 Å². The molecular weight excluding hydrogens is 288 g/mol. The number of hydrogen-bond acceptors (Lipinski definition) is 3. The average Bonchev–Trinajstić information content (AvgIpc) is 2.57. The molecule has 118 valence electrons. The van der Waals surface area contributed by atoms with E-state index >= 15 is 0 Å². The third-order valence-electron chi connectivity index (χ3n) is 5.02. The van der Waals surface area contributed by atoms with E-state index in [1.54, 1.807) is 6.07 Å². The first-order chi connectivity index (χ1) is 11.2. The summed E-state index contributed by atoms with van der Waals surface area (Å²) in [6.07, 6.45) is 1.12. The Morgan fingerprint density at radius 2 is 1.83 bits per heavy atom. The second-order valence-electron chi connectivity index (χ2n) is 6.68. The zero-order chi connectivity index (χ0) is 15.8. The van der Waals surface area contributed by atoms with E-state index in [-0.39, 0.29) is 11.3 Å². The van der Waals surface area contributed by atoms with Gasteiger partial charge in [-0.2, -0.15) is 0 Å². The Balaban J connectivity index is 1.53. The first-order valence-corrected chi connectivity index (χ1v) is 8.21. The Morgan fingerprint density at radius 1 is 1.00 bits per heavy atom. The van der Waals surface area contributed by atoms with Crippen LogP contribution in [0, 0.1) is 5.92 Å². The summed E-state index contributed by atoms with van der Waals surface area (Å²) in [6, 6.07) is 15.0. The van der Waals surface area contributed by atoms with E-state index in [0.29, 0.717) is 18.4 Å². The fourth-order valence-electron chi connectivity index (χ4n) is 4.04. The molecule has 0 saturated carbocycles. The number of aromatic nitrogens is 1. The summed E-state index contributed by atoms with van der Waals surface area (Å²) < 4.78 is 1.93. The van der Waals surface area contributed by atoms with Gasteiger partial charge in [-0.25, -0.2) is 0 Å². The number of likely N-dealkylation sites (tertiary alicyclic amines) is 1. The molecule has 0 aliphatic carbocycles. The normalized spacial score (nSPS) is 23.3. The number of hydrogen-bond donors (Lipinski definition) is 0. The number of ketones is 1.